The average Bonchev–Trinajstić information content (AvgIpc) is 2.33. The normalized spacial score (nSPS) is 10.6. The third-order valence-corrected chi connectivity index (χ3v) is 3.49. The molecule has 0 aliphatic carbocycles. The molecule has 0 radical (unpaired) electrons. The van der Waals surface area contributed by atoms with Gasteiger partial charge >= 0.3 is 0 Å². The summed E-state index contributed by atoms with van der Waals surface area (Å²) >= 11 is 1.92. The molecule has 0 heterocycles. The minimum absolute atomic E-state index is 0.850. The van der Waals surface area contributed by atoms with Crippen LogP contribution < -0.4 is 5.32 Å². The van der Waals surface area contributed by atoms with E-state index in [2.05, 4.69) is 36.5 Å². The lowest BCUT2D eigenvalue weighted by atomic mass is 10.2. The van der Waals surface area contributed by atoms with E-state index in [0.717, 1.165) is 31.9 Å². The molecule has 16 heavy (non-hydrogen) atoms. The topological polar surface area (TPSA) is 21.3 Å². The number of ether oxygens (including phenoxy) is 1. The molecule has 3 heteroatoms. The lowest BCUT2D eigenvalue weighted by molar-refractivity contribution is 0.200. The fourth-order valence-electron chi connectivity index (χ4n) is 1.44. The van der Waals surface area contributed by atoms with Crippen molar-refractivity contribution in [1.29, 1.82) is 0 Å². The van der Waals surface area contributed by atoms with Crippen LogP contribution in [0.25, 0.3) is 0 Å². The molecule has 0 atom stereocenters. The molecule has 1 N–H and O–H groups in total. The van der Waals surface area contributed by atoms with E-state index in [4.69, 9.17) is 4.74 Å². The average molecular weight is 239 g/mol. The van der Waals surface area contributed by atoms with Gasteiger partial charge in [-0.05, 0) is 24.6 Å². The quantitative estimate of drug-likeness (QED) is 0.557. The van der Waals surface area contributed by atoms with Crippen LogP contribution in [0.15, 0.2) is 29.2 Å². The number of methoxy groups -OCH3 is 1. The number of hydrogen-bond acceptors (Lipinski definition) is 3. The van der Waals surface area contributed by atoms with E-state index >= 15 is 0 Å². The molecule has 0 fully saturated rings. The molecule has 0 saturated heterocycles. The second-order valence-electron chi connectivity index (χ2n) is 3.58. The molecule has 0 amide bonds. The molecule has 2 nitrogen and oxygen atoms in total. The molecule has 0 aliphatic heterocycles. The Labute approximate surface area is 103 Å². The van der Waals surface area contributed by atoms with Crippen molar-refractivity contribution in [2.75, 3.05) is 26.0 Å². The molecule has 1 rings (SSSR count). The smallest absolute Gasteiger partial charge is 0.0470 e. The van der Waals surface area contributed by atoms with Gasteiger partial charge in [0.15, 0.2) is 0 Å². The van der Waals surface area contributed by atoms with Crippen LogP contribution in [0.1, 0.15) is 18.9 Å². The maximum absolute atomic E-state index is 5.05. The number of thioether (sulfide) groups is 1. The summed E-state index contributed by atoms with van der Waals surface area (Å²) in [6, 6.07) is 8.60. The van der Waals surface area contributed by atoms with Crippen LogP contribution in [-0.2, 0) is 11.3 Å². The molecule has 0 bridgehead atoms. The van der Waals surface area contributed by atoms with Gasteiger partial charge in [0, 0.05) is 30.9 Å². The molecule has 90 valence electrons. The predicted octanol–water partition coefficient (Wildman–Crippen LogP) is 2.92. The van der Waals surface area contributed by atoms with E-state index in [9.17, 15) is 0 Å². The summed E-state index contributed by atoms with van der Waals surface area (Å²) in [4.78, 5) is 1.39. The van der Waals surface area contributed by atoms with Gasteiger partial charge in [0.1, 0.15) is 0 Å². The highest BCUT2D eigenvalue weighted by Crippen LogP contribution is 2.23. The van der Waals surface area contributed by atoms with Gasteiger partial charge in [-0.3, -0.25) is 0 Å². The van der Waals surface area contributed by atoms with E-state index < -0.39 is 0 Å². The zero-order valence-corrected chi connectivity index (χ0v) is 11.0. The van der Waals surface area contributed by atoms with E-state index in [-0.39, 0.29) is 0 Å². The first-order chi connectivity index (χ1) is 7.88. The molecule has 0 unspecified atom stereocenters. The van der Waals surface area contributed by atoms with Crippen LogP contribution in [0, 0.1) is 0 Å². The Morgan fingerprint density at radius 3 is 2.88 bits per heavy atom. The Morgan fingerprint density at radius 2 is 2.12 bits per heavy atom. The highest BCUT2D eigenvalue weighted by atomic mass is 32.2. The van der Waals surface area contributed by atoms with Crippen molar-refractivity contribution in [2.45, 2.75) is 24.8 Å². The number of rotatable bonds is 8. The van der Waals surface area contributed by atoms with Crippen LogP contribution in [0.5, 0.6) is 0 Å². The van der Waals surface area contributed by atoms with Crippen molar-refractivity contribution in [2.24, 2.45) is 0 Å². The second kappa shape index (κ2) is 8.62. The van der Waals surface area contributed by atoms with Crippen LogP contribution in [0.4, 0.5) is 0 Å². The highest BCUT2D eigenvalue weighted by molar-refractivity contribution is 7.99. The zero-order valence-electron chi connectivity index (χ0n) is 10.2. The number of nitrogens with one attached hydrogen (secondary N) is 1. The van der Waals surface area contributed by atoms with E-state index in [1.165, 1.54) is 10.5 Å². The Kier molecular flexibility index (Phi) is 7.30. The van der Waals surface area contributed by atoms with Gasteiger partial charge in [0.05, 0.1) is 0 Å². The third kappa shape index (κ3) is 5.01. The minimum Gasteiger partial charge on any atom is -0.385 e. The van der Waals surface area contributed by atoms with Crippen molar-refractivity contribution in [1.82, 2.24) is 5.32 Å². The summed E-state index contributed by atoms with van der Waals surface area (Å²) in [5, 5.41) is 3.37. The van der Waals surface area contributed by atoms with Crippen molar-refractivity contribution in [3.63, 3.8) is 0 Å². The fourth-order valence-corrected chi connectivity index (χ4v) is 2.42. The number of hydrogen-bond donors (Lipinski definition) is 1. The summed E-state index contributed by atoms with van der Waals surface area (Å²) in [7, 11) is 1.75. The first-order valence-electron chi connectivity index (χ1n) is 5.78. The highest BCUT2D eigenvalue weighted by Gasteiger charge is 2.01. The Morgan fingerprint density at radius 1 is 1.31 bits per heavy atom. The van der Waals surface area contributed by atoms with E-state index in [1.54, 1.807) is 7.11 Å². The van der Waals surface area contributed by atoms with Crippen molar-refractivity contribution in [3.05, 3.63) is 29.8 Å². The molecule has 0 aromatic heterocycles. The Bertz CT molecular complexity index is 291. The summed E-state index contributed by atoms with van der Waals surface area (Å²) in [6.45, 7) is 4.96. The van der Waals surface area contributed by atoms with Crippen molar-refractivity contribution < 1.29 is 4.74 Å². The third-order valence-electron chi connectivity index (χ3n) is 2.29. The molecule has 0 saturated carbocycles. The predicted molar refractivity (Wildman–Crippen MR) is 71.0 cm³/mol. The number of benzene rings is 1. The van der Waals surface area contributed by atoms with Gasteiger partial charge in [-0.25, -0.2) is 0 Å². The van der Waals surface area contributed by atoms with Gasteiger partial charge in [-0.1, -0.05) is 25.1 Å². The lowest BCUT2D eigenvalue weighted by Crippen LogP contribution is -2.12. The van der Waals surface area contributed by atoms with Crippen LogP contribution in [0.2, 0.25) is 0 Å². The van der Waals surface area contributed by atoms with Gasteiger partial charge in [-0.15, -0.1) is 11.8 Å². The van der Waals surface area contributed by atoms with Gasteiger partial charge in [-0.2, -0.15) is 0 Å². The lowest BCUT2D eigenvalue weighted by Gasteiger charge is -2.09. The second-order valence-corrected chi connectivity index (χ2v) is 4.72. The van der Waals surface area contributed by atoms with E-state index in [0.29, 0.717) is 0 Å². The zero-order chi connectivity index (χ0) is 11.6. The maximum atomic E-state index is 5.05. The largest absolute Gasteiger partial charge is 0.385 e. The van der Waals surface area contributed by atoms with Crippen LogP contribution in [0.3, 0.4) is 0 Å². The van der Waals surface area contributed by atoms with Gasteiger partial charge in [0.2, 0.25) is 0 Å². The summed E-state index contributed by atoms with van der Waals surface area (Å²) < 4.78 is 5.05. The van der Waals surface area contributed by atoms with E-state index in [1.807, 2.05) is 11.8 Å². The van der Waals surface area contributed by atoms with Crippen molar-refractivity contribution in [3.8, 4) is 0 Å². The molecule has 0 spiro atoms. The first kappa shape index (κ1) is 13.6. The Hall–Kier alpha value is -0.510. The standard InChI is InChI=1S/C13H21NOS/c1-3-14-11-12-7-4-5-8-13(12)16-10-6-9-15-2/h4-5,7-8,14H,3,6,9-11H2,1-2H3. The monoisotopic (exact) mass is 239 g/mol. The summed E-state index contributed by atoms with van der Waals surface area (Å²) in [5.74, 6) is 1.12. The first-order valence-corrected chi connectivity index (χ1v) is 6.77. The molecule has 1 aromatic rings. The summed E-state index contributed by atoms with van der Waals surface area (Å²) in [5.41, 5.74) is 1.40. The molecular weight excluding hydrogens is 218 g/mol. The SMILES string of the molecule is CCNCc1ccccc1SCCCOC. The molecular formula is C13H21NOS. The molecule has 0 aliphatic rings. The maximum Gasteiger partial charge on any atom is 0.0470 e. The minimum atomic E-state index is 0.850. The Balaban J connectivity index is 2.43. The fraction of sp³-hybridized carbons (Fsp3) is 0.538. The van der Waals surface area contributed by atoms with Crippen LogP contribution >= 0.6 is 11.8 Å². The van der Waals surface area contributed by atoms with Crippen LogP contribution in [-0.4, -0.2) is 26.0 Å². The van der Waals surface area contributed by atoms with Gasteiger partial charge < -0.3 is 10.1 Å². The molecule has 1 aromatic carbocycles. The van der Waals surface area contributed by atoms with Crippen molar-refractivity contribution >= 4 is 11.8 Å². The summed E-state index contributed by atoms with van der Waals surface area (Å²) in [6.07, 6.45) is 1.11. The van der Waals surface area contributed by atoms with Gasteiger partial charge in [0.25, 0.3) is 0 Å².